The Labute approximate surface area is 628 Å². The Morgan fingerprint density at radius 1 is 0.620 bits per heavy atom. The van der Waals surface area contributed by atoms with E-state index in [9.17, 15) is 55.1 Å². The molecule has 608 valence electrons. The lowest BCUT2D eigenvalue weighted by molar-refractivity contribution is -0.219. The van der Waals surface area contributed by atoms with Gasteiger partial charge in [-0.05, 0) is 146 Å². The van der Waals surface area contributed by atoms with Gasteiger partial charge in [-0.3, -0.25) is 57.5 Å². The molecule has 2 saturated heterocycles. The van der Waals surface area contributed by atoms with E-state index in [-0.39, 0.29) is 103 Å². The Morgan fingerprint density at radius 3 is 1.78 bits per heavy atom. The van der Waals surface area contributed by atoms with E-state index in [1.54, 1.807) is 32.9 Å². The highest BCUT2D eigenvalue weighted by Gasteiger charge is 2.56. The van der Waals surface area contributed by atoms with E-state index in [2.05, 4.69) is 16.0 Å². The first-order valence-electron chi connectivity index (χ1n) is 38.7. The van der Waals surface area contributed by atoms with Gasteiger partial charge in [-0.15, -0.1) is 0 Å². The number of halogens is 8. The van der Waals surface area contributed by atoms with Crippen LogP contribution in [0.15, 0.2) is 12.2 Å². The van der Waals surface area contributed by atoms with Crippen LogP contribution in [0.25, 0.3) is 0 Å². The van der Waals surface area contributed by atoms with Crippen molar-refractivity contribution in [3.8, 4) is 0 Å². The number of carbonyl (C=O) groups is 12. The van der Waals surface area contributed by atoms with E-state index < -0.39 is 230 Å². The predicted octanol–water partition coefficient (Wildman–Crippen LogP) is 6.10. The molecule has 3 N–H and O–H groups in total. The fourth-order valence-electron chi connectivity index (χ4n) is 17.2. The van der Waals surface area contributed by atoms with E-state index in [4.69, 9.17) is 4.74 Å². The quantitative estimate of drug-likeness (QED) is 0.139. The number of amides is 12. The highest BCUT2D eigenvalue weighted by molar-refractivity contribution is 6.01. The smallest absolute Gasteiger partial charge is 0.377 e. The molecule has 5 aliphatic carbocycles. The van der Waals surface area contributed by atoms with Crippen LogP contribution in [0.2, 0.25) is 0 Å². The molecule has 1 spiro atoms. The third-order valence-corrected chi connectivity index (χ3v) is 24.5. The summed E-state index contributed by atoms with van der Waals surface area (Å²) in [5, 5.41) is 8.44. The van der Waals surface area contributed by atoms with Crippen LogP contribution in [0, 0.1) is 41.4 Å². The lowest BCUT2D eigenvalue weighted by Gasteiger charge is -2.46. The van der Waals surface area contributed by atoms with Crippen LogP contribution in [0.5, 0.6) is 0 Å². The van der Waals surface area contributed by atoms with Crippen molar-refractivity contribution in [3.05, 3.63) is 12.2 Å². The summed E-state index contributed by atoms with van der Waals surface area (Å²) < 4.78 is 121. The van der Waals surface area contributed by atoms with Crippen molar-refractivity contribution in [2.45, 2.75) is 260 Å². The zero-order valence-electron chi connectivity index (χ0n) is 64.4. The van der Waals surface area contributed by atoms with E-state index in [1.807, 2.05) is 0 Å². The molecule has 108 heavy (non-hydrogen) atoms. The summed E-state index contributed by atoms with van der Waals surface area (Å²) in [5.74, 6) is -16.6. The highest BCUT2D eigenvalue weighted by Crippen LogP contribution is 2.46. The van der Waals surface area contributed by atoms with Gasteiger partial charge in [0.2, 0.25) is 70.9 Å². The number of hydrogen-bond acceptors (Lipinski definition) is 13. The minimum absolute atomic E-state index is 0.00230. The number of alkyl halides is 8. The molecule has 25 nitrogen and oxygen atoms in total. The first-order chi connectivity index (χ1) is 50.7. The predicted molar refractivity (Wildman–Crippen MR) is 379 cm³/mol. The van der Waals surface area contributed by atoms with Crippen LogP contribution in [-0.2, 0) is 62.3 Å². The normalized spacial score (nSPS) is 32.6. The molecule has 0 aromatic rings. The topological polar surface area (TPSA) is 279 Å². The molecule has 8 rings (SSSR count). The van der Waals surface area contributed by atoms with Gasteiger partial charge in [0.1, 0.15) is 72.1 Å². The van der Waals surface area contributed by atoms with Gasteiger partial charge in [-0.25, -0.2) is 8.78 Å². The average Bonchev–Trinajstić information content (AvgIpc) is 1.02. The van der Waals surface area contributed by atoms with E-state index in [0.29, 0.717) is 38.5 Å². The number of ether oxygens (including phenoxy) is 1. The summed E-state index contributed by atoms with van der Waals surface area (Å²) in [6.45, 7) is 3.28. The highest BCUT2D eigenvalue weighted by atomic mass is 19.4. The molecule has 12 amide bonds. The molecule has 0 aromatic carbocycles. The van der Waals surface area contributed by atoms with Crippen molar-refractivity contribution >= 4 is 70.9 Å². The maximum absolute atomic E-state index is 15.5. The van der Waals surface area contributed by atoms with Gasteiger partial charge in [-0.2, -0.15) is 26.3 Å². The minimum atomic E-state index is -5.22. The number of nitrogens with one attached hydrogen (secondary N) is 3. The molecule has 7 fully saturated rings. The first kappa shape index (κ1) is 86.4. The number of carbonyl (C=O) groups excluding carboxylic acids is 12. The molecule has 0 radical (unpaired) electrons. The summed E-state index contributed by atoms with van der Waals surface area (Å²) in [4.78, 5) is 191. The van der Waals surface area contributed by atoms with Gasteiger partial charge in [-0.1, -0.05) is 58.1 Å². The van der Waals surface area contributed by atoms with Crippen molar-refractivity contribution in [1.29, 1.82) is 0 Å². The summed E-state index contributed by atoms with van der Waals surface area (Å²) in [6.07, 6.45) is -11.5. The Kier molecular flexibility index (Phi) is 29.4. The summed E-state index contributed by atoms with van der Waals surface area (Å²) in [7, 11) is 10.9. The molecular formula is C75H114F8N12O13. The molecule has 12 atom stereocenters. The van der Waals surface area contributed by atoms with Crippen molar-refractivity contribution in [3.63, 3.8) is 0 Å². The van der Waals surface area contributed by atoms with Crippen LogP contribution in [0.4, 0.5) is 35.1 Å². The molecule has 2 bridgehead atoms. The van der Waals surface area contributed by atoms with Crippen molar-refractivity contribution < 1.29 is 97.4 Å². The van der Waals surface area contributed by atoms with Crippen LogP contribution in [0.1, 0.15) is 175 Å². The monoisotopic (exact) mass is 1540 g/mol. The van der Waals surface area contributed by atoms with E-state index in [1.165, 1.54) is 76.0 Å². The molecule has 2 unspecified atom stereocenters. The molecule has 3 heterocycles. The summed E-state index contributed by atoms with van der Waals surface area (Å²) in [5.41, 5.74) is -1.69. The van der Waals surface area contributed by atoms with Crippen LogP contribution < -0.4 is 16.0 Å². The largest absolute Gasteiger partial charge is 0.397 e. The van der Waals surface area contributed by atoms with Gasteiger partial charge in [0, 0.05) is 82.5 Å². The number of likely N-dealkylation sites (N-methyl/N-ethyl adjacent to an activating group) is 7. The maximum Gasteiger partial charge on any atom is 0.397 e. The Bertz CT molecular complexity index is 3260. The molecule has 5 saturated carbocycles. The number of hydrogen-bond donors (Lipinski definition) is 3. The second kappa shape index (κ2) is 36.7. The first-order valence-corrected chi connectivity index (χ1v) is 38.7. The van der Waals surface area contributed by atoms with Gasteiger partial charge in [0.05, 0.1) is 31.5 Å². The van der Waals surface area contributed by atoms with Crippen molar-refractivity contribution in [2.75, 3.05) is 89.2 Å². The second-order valence-electron chi connectivity index (χ2n) is 32.2. The fourth-order valence-corrected chi connectivity index (χ4v) is 17.2. The van der Waals surface area contributed by atoms with Crippen molar-refractivity contribution in [2.24, 2.45) is 41.4 Å². The zero-order chi connectivity index (χ0) is 79.8. The molecule has 8 aliphatic rings. The van der Waals surface area contributed by atoms with Gasteiger partial charge in [0.25, 0.3) is 0 Å². The Hall–Kier alpha value is -7.22. The zero-order valence-corrected chi connectivity index (χ0v) is 64.4. The molecular weight excluding hydrogens is 1430 g/mol. The number of fused-ring (bicyclic) bond motifs is 3. The lowest BCUT2D eigenvalue weighted by atomic mass is 9.74. The number of nitrogens with zero attached hydrogens (tertiary/aromatic N) is 9. The molecule has 3 aliphatic heterocycles. The van der Waals surface area contributed by atoms with Crippen molar-refractivity contribution in [1.82, 2.24) is 60.0 Å². The van der Waals surface area contributed by atoms with E-state index >= 15 is 37.5 Å². The van der Waals surface area contributed by atoms with Gasteiger partial charge < -0.3 is 64.8 Å². The number of rotatable bonds is 13. The lowest BCUT2D eigenvalue weighted by Crippen LogP contribution is -2.68. The van der Waals surface area contributed by atoms with Gasteiger partial charge >= 0.3 is 12.4 Å². The summed E-state index contributed by atoms with van der Waals surface area (Å²) in [6, 6.07) is -11.3. The minimum Gasteiger partial charge on any atom is -0.377 e. The summed E-state index contributed by atoms with van der Waals surface area (Å²) >= 11 is 0. The average molecular weight is 1540 g/mol. The standard InChI is InChI=1S/C75H114F8N12O13/c1-12-43(3)62-70(105)89(7)42-60(98)90(8)53-22-15-14-18-33-94(69(53)104)57(37-45-25-28-48(29-26-45)74(78,79)80)68(103)88(6)41-58(96)84-52(30-27-46-34-50(76)61(51(77)35-46)75(81,82)83)66(101)95-40-49(108-13-2)38-55(95)65(100)86-73(31-19-32-73)72(107)93(11)63(47-20-16-17-21-47)71(106)92(10)56(67(102)87(4)5)39-59(97)91(9)54(64(99)85-62)36-44-23-24-44/h14-15,43-57,61-63H,12-13,16-42H2,1-11H3,(H,84,96)(H,85,99)(H,86,100)/b15-14-/t43-,45?,46?,48?,49+,50?,51?,52-,53-,54-,55-,56-,57-,61?,62-,63-/m0/s1. The molecule has 0 aromatic heterocycles. The third kappa shape index (κ3) is 20.7. The Morgan fingerprint density at radius 2 is 1.22 bits per heavy atom. The molecule has 33 heteroatoms. The van der Waals surface area contributed by atoms with Crippen LogP contribution in [0.3, 0.4) is 0 Å². The Balaban J connectivity index is 1.20. The van der Waals surface area contributed by atoms with Gasteiger partial charge in [0.15, 0.2) is 0 Å². The third-order valence-electron chi connectivity index (χ3n) is 24.5. The SMILES string of the molecule is CCO[C@@H]1C[C@H]2C(=O)NC3(CCC3)C(=O)N(C)[C@@H](C3CCCC3)C(=O)N(C)[C@H](C(=O)N(C)C)CC(=O)N(C)[C@@H](CC3CC3)C(=O)N[C@@H]([C@@H](C)CC)C(=O)N(C)CC(=O)N(C)[C@H]3C/C=C\CCN(C3=O)[C@@H](CC3CCC(C(F)(F)F)CC3)C(=O)N(C)CC(=O)N[C@@H](CCC3CC(F)C(C(F)(F)F)C(F)C3)C(=O)N2C1. The van der Waals surface area contributed by atoms with Crippen LogP contribution >= 0.6 is 0 Å². The fraction of sp³-hybridized carbons (Fsp3) is 0.813. The van der Waals surface area contributed by atoms with Crippen LogP contribution in [-0.4, -0.2) is 289 Å². The second-order valence-corrected chi connectivity index (χ2v) is 32.2. The maximum atomic E-state index is 15.5. The van der Waals surface area contributed by atoms with E-state index in [0.717, 1.165) is 37.3 Å².